The minimum absolute atomic E-state index is 0.119. The fourth-order valence-electron chi connectivity index (χ4n) is 1.84. The van der Waals surface area contributed by atoms with Crippen molar-refractivity contribution in [2.45, 2.75) is 27.2 Å². The van der Waals surface area contributed by atoms with E-state index in [9.17, 15) is 9.59 Å². The maximum absolute atomic E-state index is 11.9. The number of nitrogens with zero attached hydrogens (tertiary/aromatic N) is 1. The van der Waals surface area contributed by atoms with Crippen LogP contribution in [0, 0.1) is 19.8 Å². The summed E-state index contributed by atoms with van der Waals surface area (Å²) in [6.07, 6.45) is 0.232. The Morgan fingerprint density at radius 3 is 2.52 bits per heavy atom. The molecule has 0 saturated heterocycles. The van der Waals surface area contributed by atoms with E-state index in [1.165, 1.54) is 10.5 Å². The number of carboxylic acids is 1. The average Bonchev–Trinajstić information content (AvgIpc) is 2.42. The molecule has 0 aliphatic rings. The molecule has 0 bridgehead atoms. The molecule has 0 radical (unpaired) electrons. The number of hydrogen-bond acceptors (Lipinski definition) is 3. The molecule has 1 amide bonds. The van der Waals surface area contributed by atoms with Crippen LogP contribution in [0.5, 0.6) is 5.75 Å². The van der Waals surface area contributed by atoms with E-state index in [2.05, 4.69) is 0 Å². The smallest absolute Gasteiger partial charge is 0.308 e. The van der Waals surface area contributed by atoms with Crippen LogP contribution in [0.3, 0.4) is 0 Å². The summed E-state index contributed by atoms with van der Waals surface area (Å²) in [5, 5.41) is 8.82. The van der Waals surface area contributed by atoms with E-state index in [0.717, 1.165) is 11.3 Å². The SMILES string of the molecule is Cc1ccc(OCCC(=O)N(C)CC(C)C(=O)O)cc1C. The zero-order chi connectivity index (χ0) is 16.0. The molecule has 5 heteroatoms. The molecular weight excluding hydrogens is 270 g/mol. The fourth-order valence-corrected chi connectivity index (χ4v) is 1.84. The minimum Gasteiger partial charge on any atom is -0.493 e. The van der Waals surface area contributed by atoms with Crippen molar-refractivity contribution in [1.82, 2.24) is 4.90 Å². The summed E-state index contributed by atoms with van der Waals surface area (Å²) in [6.45, 7) is 6.11. The van der Waals surface area contributed by atoms with Gasteiger partial charge in [-0.05, 0) is 37.1 Å². The molecule has 1 aromatic rings. The van der Waals surface area contributed by atoms with Crippen LogP contribution in [0.4, 0.5) is 0 Å². The molecule has 0 aliphatic carbocycles. The quantitative estimate of drug-likeness (QED) is 0.837. The first kappa shape index (κ1) is 17.0. The maximum Gasteiger partial charge on any atom is 0.308 e. The van der Waals surface area contributed by atoms with Crippen molar-refractivity contribution >= 4 is 11.9 Å². The van der Waals surface area contributed by atoms with E-state index in [1.54, 1.807) is 14.0 Å². The molecule has 1 aromatic carbocycles. The summed E-state index contributed by atoms with van der Waals surface area (Å²) >= 11 is 0. The van der Waals surface area contributed by atoms with Crippen LogP contribution >= 0.6 is 0 Å². The van der Waals surface area contributed by atoms with Gasteiger partial charge in [0.25, 0.3) is 0 Å². The maximum atomic E-state index is 11.9. The van der Waals surface area contributed by atoms with Crippen LogP contribution in [-0.4, -0.2) is 42.1 Å². The molecular formula is C16H23NO4. The van der Waals surface area contributed by atoms with E-state index >= 15 is 0 Å². The van der Waals surface area contributed by atoms with Crippen LogP contribution in [0.2, 0.25) is 0 Å². The lowest BCUT2D eigenvalue weighted by molar-refractivity contribution is -0.142. The molecule has 116 valence electrons. The molecule has 0 aliphatic heterocycles. The van der Waals surface area contributed by atoms with Crippen LogP contribution in [0.1, 0.15) is 24.5 Å². The number of carboxylic acid groups (broad SMARTS) is 1. The molecule has 0 fully saturated rings. The topological polar surface area (TPSA) is 66.8 Å². The zero-order valence-electron chi connectivity index (χ0n) is 13.0. The number of carbonyl (C=O) groups excluding carboxylic acids is 1. The summed E-state index contributed by atoms with van der Waals surface area (Å²) in [5.74, 6) is -0.847. The number of aliphatic carboxylic acids is 1. The molecule has 21 heavy (non-hydrogen) atoms. The predicted octanol–water partition coefficient (Wildman–Crippen LogP) is 2.25. The summed E-state index contributed by atoms with van der Waals surface area (Å²) in [5.41, 5.74) is 2.34. The van der Waals surface area contributed by atoms with Gasteiger partial charge >= 0.3 is 5.97 Å². The monoisotopic (exact) mass is 293 g/mol. The van der Waals surface area contributed by atoms with Crippen LogP contribution in [0.15, 0.2) is 18.2 Å². The van der Waals surface area contributed by atoms with Crippen LogP contribution in [0.25, 0.3) is 0 Å². The Hall–Kier alpha value is -2.04. The second kappa shape index (κ2) is 7.67. The van der Waals surface area contributed by atoms with Crippen molar-refractivity contribution in [2.75, 3.05) is 20.2 Å². The first-order chi connectivity index (χ1) is 9.81. The van der Waals surface area contributed by atoms with Gasteiger partial charge in [0.2, 0.25) is 5.91 Å². The number of aryl methyl sites for hydroxylation is 2. The molecule has 0 aromatic heterocycles. The highest BCUT2D eigenvalue weighted by Gasteiger charge is 2.17. The Kier molecular flexibility index (Phi) is 6.21. The van der Waals surface area contributed by atoms with E-state index in [4.69, 9.17) is 9.84 Å². The number of rotatable bonds is 7. The van der Waals surface area contributed by atoms with Gasteiger partial charge in [-0.15, -0.1) is 0 Å². The van der Waals surface area contributed by atoms with Crippen molar-refractivity contribution in [3.8, 4) is 5.75 Å². The zero-order valence-corrected chi connectivity index (χ0v) is 13.0. The molecule has 1 N–H and O–H groups in total. The summed E-state index contributed by atoms with van der Waals surface area (Å²) in [4.78, 5) is 24.1. The number of hydrogen-bond donors (Lipinski definition) is 1. The third-order valence-corrected chi connectivity index (χ3v) is 3.46. The van der Waals surface area contributed by atoms with Gasteiger partial charge in [-0.25, -0.2) is 0 Å². The molecule has 0 heterocycles. The second-order valence-electron chi connectivity index (χ2n) is 5.36. The van der Waals surface area contributed by atoms with Crippen molar-refractivity contribution < 1.29 is 19.4 Å². The fraction of sp³-hybridized carbons (Fsp3) is 0.500. The molecule has 1 atom stereocenters. The van der Waals surface area contributed by atoms with Gasteiger partial charge in [-0.2, -0.15) is 0 Å². The third-order valence-electron chi connectivity index (χ3n) is 3.46. The van der Waals surface area contributed by atoms with Gasteiger partial charge in [0.05, 0.1) is 18.9 Å². The van der Waals surface area contributed by atoms with E-state index < -0.39 is 11.9 Å². The Balaban J connectivity index is 2.39. The summed E-state index contributed by atoms with van der Waals surface area (Å²) in [7, 11) is 1.61. The van der Waals surface area contributed by atoms with Gasteiger partial charge < -0.3 is 14.7 Å². The number of amides is 1. The lowest BCUT2D eigenvalue weighted by Crippen LogP contribution is -2.34. The Labute approximate surface area is 125 Å². The molecule has 1 unspecified atom stereocenters. The van der Waals surface area contributed by atoms with Crippen molar-refractivity contribution in [3.63, 3.8) is 0 Å². The van der Waals surface area contributed by atoms with Gasteiger partial charge in [0.1, 0.15) is 5.75 Å². The van der Waals surface area contributed by atoms with Gasteiger partial charge in [-0.1, -0.05) is 13.0 Å². The lowest BCUT2D eigenvalue weighted by Gasteiger charge is -2.19. The van der Waals surface area contributed by atoms with Gasteiger partial charge in [-0.3, -0.25) is 9.59 Å². The highest BCUT2D eigenvalue weighted by atomic mass is 16.5. The molecule has 1 rings (SSSR count). The van der Waals surface area contributed by atoms with E-state index in [1.807, 2.05) is 32.0 Å². The number of ether oxygens (including phenoxy) is 1. The predicted molar refractivity (Wildman–Crippen MR) is 80.5 cm³/mol. The van der Waals surface area contributed by atoms with Crippen molar-refractivity contribution in [2.24, 2.45) is 5.92 Å². The first-order valence-electron chi connectivity index (χ1n) is 6.98. The largest absolute Gasteiger partial charge is 0.493 e. The normalized spacial score (nSPS) is 11.8. The number of benzene rings is 1. The molecule has 0 spiro atoms. The first-order valence-corrected chi connectivity index (χ1v) is 6.98. The average molecular weight is 293 g/mol. The Morgan fingerprint density at radius 2 is 1.95 bits per heavy atom. The lowest BCUT2D eigenvalue weighted by atomic mass is 10.1. The van der Waals surface area contributed by atoms with Crippen molar-refractivity contribution in [3.05, 3.63) is 29.3 Å². The van der Waals surface area contributed by atoms with Crippen molar-refractivity contribution in [1.29, 1.82) is 0 Å². The summed E-state index contributed by atoms with van der Waals surface area (Å²) in [6, 6.07) is 5.80. The van der Waals surface area contributed by atoms with Crippen LogP contribution < -0.4 is 4.74 Å². The Bertz CT molecular complexity index is 513. The van der Waals surface area contributed by atoms with E-state index in [-0.39, 0.29) is 25.5 Å². The highest BCUT2D eigenvalue weighted by Crippen LogP contribution is 2.16. The van der Waals surface area contributed by atoms with Gasteiger partial charge in [0.15, 0.2) is 0 Å². The van der Waals surface area contributed by atoms with Gasteiger partial charge in [0, 0.05) is 13.6 Å². The molecule has 0 saturated carbocycles. The standard InChI is InChI=1S/C16H23NO4/c1-11-5-6-14(9-12(11)2)21-8-7-15(18)17(4)10-13(3)16(19)20/h5-6,9,13H,7-8,10H2,1-4H3,(H,19,20). The second-order valence-corrected chi connectivity index (χ2v) is 5.36. The summed E-state index contributed by atoms with van der Waals surface area (Å²) < 4.78 is 5.55. The van der Waals surface area contributed by atoms with E-state index in [0.29, 0.717) is 0 Å². The molecule has 5 nitrogen and oxygen atoms in total. The number of carbonyl (C=O) groups is 2. The van der Waals surface area contributed by atoms with Crippen LogP contribution in [-0.2, 0) is 9.59 Å². The Morgan fingerprint density at radius 1 is 1.29 bits per heavy atom. The highest BCUT2D eigenvalue weighted by molar-refractivity contribution is 5.77. The third kappa shape index (κ3) is 5.45. The minimum atomic E-state index is -0.902.